The molecule has 1 fully saturated rings. The van der Waals surface area contributed by atoms with Gasteiger partial charge in [0.05, 0.1) is 12.7 Å². The summed E-state index contributed by atoms with van der Waals surface area (Å²) in [6, 6.07) is 0. The van der Waals surface area contributed by atoms with Crippen molar-refractivity contribution in [2.24, 2.45) is 0 Å². The molecule has 2 heteroatoms. The first kappa shape index (κ1) is 8.14. The van der Waals surface area contributed by atoms with Crippen LogP contribution >= 0.6 is 0 Å². The molecule has 0 saturated carbocycles. The van der Waals surface area contributed by atoms with E-state index < -0.39 is 0 Å². The first-order valence-electron chi connectivity index (χ1n) is 3.59. The average molecular weight is 150 g/mol. The van der Waals surface area contributed by atoms with Gasteiger partial charge in [-0.15, -0.1) is 0 Å². The van der Waals surface area contributed by atoms with Gasteiger partial charge in [0.15, 0.2) is 0 Å². The quantitative estimate of drug-likeness (QED) is 0.426. The van der Waals surface area contributed by atoms with E-state index in [-0.39, 0.29) is 18.8 Å². The smallest absolute Gasteiger partial charge is 0.145 e. The van der Waals surface area contributed by atoms with Crippen molar-refractivity contribution in [1.29, 1.82) is 0 Å². The summed E-state index contributed by atoms with van der Waals surface area (Å²) in [5.74, 6) is 10.8. The molecular weight excluding hydrogens is 140 g/mol. The molecule has 1 N–H and O–H groups in total. The highest BCUT2D eigenvalue weighted by Crippen LogP contribution is 2.18. The molecule has 0 unspecified atom stereocenters. The number of aliphatic hydroxyl groups is 1. The SMILES string of the molecule is C[C@@H]1O[C@H]1C#CC#CCCO. The van der Waals surface area contributed by atoms with E-state index in [1.54, 1.807) is 0 Å². The van der Waals surface area contributed by atoms with Crippen LogP contribution in [0.15, 0.2) is 0 Å². The Hall–Kier alpha value is -0.960. The predicted molar refractivity (Wildman–Crippen MR) is 41.6 cm³/mol. The van der Waals surface area contributed by atoms with Crippen LogP contribution in [0.4, 0.5) is 0 Å². The van der Waals surface area contributed by atoms with Gasteiger partial charge in [-0.1, -0.05) is 11.8 Å². The van der Waals surface area contributed by atoms with E-state index >= 15 is 0 Å². The van der Waals surface area contributed by atoms with Crippen LogP contribution in [0.25, 0.3) is 0 Å². The molecule has 1 rings (SSSR count). The van der Waals surface area contributed by atoms with E-state index in [4.69, 9.17) is 9.84 Å². The van der Waals surface area contributed by atoms with Crippen molar-refractivity contribution in [3.8, 4) is 23.7 Å². The Morgan fingerprint density at radius 1 is 1.45 bits per heavy atom. The van der Waals surface area contributed by atoms with Gasteiger partial charge in [-0.05, 0) is 18.8 Å². The summed E-state index contributed by atoms with van der Waals surface area (Å²) in [6.45, 7) is 2.07. The van der Waals surface area contributed by atoms with Crippen LogP contribution in [0.3, 0.4) is 0 Å². The molecular formula is C9H10O2. The highest BCUT2D eigenvalue weighted by Gasteiger charge is 2.31. The van der Waals surface area contributed by atoms with Gasteiger partial charge in [-0.3, -0.25) is 0 Å². The lowest BCUT2D eigenvalue weighted by molar-refractivity contribution is 0.305. The molecule has 11 heavy (non-hydrogen) atoms. The fourth-order valence-corrected chi connectivity index (χ4v) is 0.607. The number of epoxide rings is 1. The van der Waals surface area contributed by atoms with E-state index in [1.807, 2.05) is 6.92 Å². The predicted octanol–water partition coefficient (Wildman–Crippen LogP) is 0.163. The fourth-order valence-electron chi connectivity index (χ4n) is 0.607. The van der Waals surface area contributed by atoms with Crippen LogP contribution in [0.5, 0.6) is 0 Å². The first-order valence-corrected chi connectivity index (χ1v) is 3.59. The van der Waals surface area contributed by atoms with E-state index in [9.17, 15) is 0 Å². The van der Waals surface area contributed by atoms with E-state index in [1.165, 1.54) is 0 Å². The summed E-state index contributed by atoms with van der Waals surface area (Å²) in [7, 11) is 0. The van der Waals surface area contributed by atoms with Gasteiger partial charge in [-0.2, -0.15) is 0 Å². The van der Waals surface area contributed by atoms with Gasteiger partial charge in [0.2, 0.25) is 0 Å². The van der Waals surface area contributed by atoms with Crippen molar-refractivity contribution in [3.63, 3.8) is 0 Å². The third-order valence-electron chi connectivity index (χ3n) is 1.31. The highest BCUT2D eigenvalue weighted by atomic mass is 16.6. The molecule has 0 aromatic heterocycles. The van der Waals surface area contributed by atoms with Gasteiger partial charge in [0, 0.05) is 6.42 Å². The summed E-state index contributed by atoms with van der Waals surface area (Å²) in [5.41, 5.74) is 0. The molecule has 1 heterocycles. The van der Waals surface area contributed by atoms with Crippen molar-refractivity contribution in [2.75, 3.05) is 6.61 Å². The second kappa shape index (κ2) is 4.03. The van der Waals surface area contributed by atoms with Gasteiger partial charge in [0.25, 0.3) is 0 Å². The van der Waals surface area contributed by atoms with Crippen LogP contribution in [0, 0.1) is 23.7 Å². The Labute approximate surface area is 66.6 Å². The highest BCUT2D eigenvalue weighted by molar-refractivity contribution is 5.29. The lowest BCUT2D eigenvalue weighted by Gasteiger charge is -1.73. The monoisotopic (exact) mass is 150 g/mol. The molecule has 0 aliphatic carbocycles. The lowest BCUT2D eigenvalue weighted by Crippen LogP contribution is -1.80. The molecule has 58 valence electrons. The third-order valence-corrected chi connectivity index (χ3v) is 1.31. The van der Waals surface area contributed by atoms with Crippen LogP contribution in [-0.4, -0.2) is 23.9 Å². The summed E-state index contributed by atoms with van der Waals surface area (Å²) in [5, 5.41) is 8.35. The lowest BCUT2D eigenvalue weighted by atomic mass is 10.3. The first-order chi connectivity index (χ1) is 5.34. The Kier molecular flexibility index (Phi) is 2.98. The van der Waals surface area contributed by atoms with E-state index in [0.717, 1.165) is 0 Å². The molecule has 0 radical (unpaired) electrons. The molecule has 0 bridgehead atoms. The number of hydrogen-bond acceptors (Lipinski definition) is 2. The second-order valence-electron chi connectivity index (χ2n) is 2.31. The largest absolute Gasteiger partial charge is 0.395 e. The molecule has 1 saturated heterocycles. The van der Waals surface area contributed by atoms with Crippen molar-refractivity contribution in [3.05, 3.63) is 0 Å². The standard InChI is InChI=1S/C9H10O2/c1-8-9(11-8)6-4-2-3-5-7-10/h8-10H,5,7H2,1H3/t8-,9-/m0/s1. The fraction of sp³-hybridized carbons (Fsp3) is 0.556. The molecule has 0 aromatic carbocycles. The summed E-state index contributed by atoms with van der Waals surface area (Å²) >= 11 is 0. The normalized spacial score (nSPS) is 26.0. The van der Waals surface area contributed by atoms with E-state index in [2.05, 4.69) is 23.7 Å². The zero-order valence-corrected chi connectivity index (χ0v) is 6.42. The van der Waals surface area contributed by atoms with Crippen molar-refractivity contribution in [2.45, 2.75) is 25.6 Å². The van der Waals surface area contributed by atoms with Gasteiger partial charge in [0.1, 0.15) is 6.10 Å². The van der Waals surface area contributed by atoms with E-state index in [0.29, 0.717) is 6.42 Å². The Morgan fingerprint density at radius 3 is 2.73 bits per heavy atom. The third kappa shape index (κ3) is 3.09. The van der Waals surface area contributed by atoms with Crippen LogP contribution in [0.1, 0.15) is 13.3 Å². The van der Waals surface area contributed by atoms with Crippen LogP contribution in [-0.2, 0) is 4.74 Å². The molecule has 1 aliphatic heterocycles. The molecule has 1 aliphatic rings. The number of aliphatic hydroxyl groups excluding tert-OH is 1. The Morgan fingerprint density at radius 2 is 2.18 bits per heavy atom. The molecule has 0 aromatic rings. The molecule has 2 atom stereocenters. The average Bonchev–Trinajstić information content (AvgIpc) is 2.67. The van der Waals surface area contributed by atoms with Crippen LogP contribution < -0.4 is 0 Å². The molecule has 2 nitrogen and oxygen atoms in total. The van der Waals surface area contributed by atoms with Crippen molar-refractivity contribution < 1.29 is 9.84 Å². The Bertz CT molecular complexity index is 236. The maximum Gasteiger partial charge on any atom is 0.145 e. The number of ether oxygens (including phenoxy) is 1. The number of hydrogen-bond donors (Lipinski definition) is 1. The van der Waals surface area contributed by atoms with Gasteiger partial charge in [-0.25, -0.2) is 0 Å². The van der Waals surface area contributed by atoms with Gasteiger partial charge < -0.3 is 9.84 Å². The minimum absolute atomic E-state index is 0.0958. The zero-order valence-electron chi connectivity index (χ0n) is 6.42. The topological polar surface area (TPSA) is 32.8 Å². The second-order valence-corrected chi connectivity index (χ2v) is 2.31. The number of rotatable bonds is 1. The maximum atomic E-state index is 8.35. The minimum Gasteiger partial charge on any atom is -0.395 e. The molecule has 0 spiro atoms. The van der Waals surface area contributed by atoms with Gasteiger partial charge >= 0.3 is 0 Å². The summed E-state index contributed by atoms with van der Waals surface area (Å²) in [4.78, 5) is 0. The van der Waals surface area contributed by atoms with Crippen molar-refractivity contribution >= 4 is 0 Å². The van der Waals surface area contributed by atoms with Crippen molar-refractivity contribution in [1.82, 2.24) is 0 Å². The Balaban J connectivity index is 2.19. The minimum atomic E-state index is 0.0958. The van der Waals surface area contributed by atoms with Crippen LogP contribution in [0.2, 0.25) is 0 Å². The maximum absolute atomic E-state index is 8.35. The summed E-state index contributed by atoms with van der Waals surface area (Å²) in [6.07, 6.45) is 0.871. The molecule has 0 amide bonds. The summed E-state index contributed by atoms with van der Waals surface area (Å²) < 4.78 is 5.03. The zero-order chi connectivity index (χ0) is 8.10.